The van der Waals surface area contributed by atoms with Crippen molar-refractivity contribution in [1.29, 1.82) is 0 Å². The summed E-state index contributed by atoms with van der Waals surface area (Å²) in [4.78, 5) is 16.3. The number of nitrogens with zero attached hydrogens (tertiary/aromatic N) is 2. The Morgan fingerprint density at radius 1 is 1.16 bits per heavy atom. The lowest BCUT2D eigenvalue weighted by Gasteiger charge is -2.18. The van der Waals surface area contributed by atoms with Crippen molar-refractivity contribution in [3.63, 3.8) is 0 Å². The lowest BCUT2D eigenvalue weighted by Crippen LogP contribution is -2.30. The normalized spacial score (nSPS) is 12.8. The number of carbonyl (C=O) groups excluding carboxylic acids is 1. The van der Waals surface area contributed by atoms with E-state index in [1.54, 1.807) is 37.4 Å². The van der Waals surface area contributed by atoms with Crippen molar-refractivity contribution in [3.05, 3.63) is 82.9 Å². The molecule has 0 bridgehead atoms. The molecule has 1 heterocycles. The summed E-state index contributed by atoms with van der Waals surface area (Å²) in [5.41, 5.74) is 13.3. The lowest BCUT2D eigenvalue weighted by molar-refractivity contribution is -0.114. The Morgan fingerprint density at radius 2 is 1.95 bits per heavy atom. The van der Waals surface area contributed by atoms with Crippen molar-refractivity contribution in [3.8, 4) is 5.75 Å². The third kappa shape index (κ3) is 6.26. The summed E-state index contributed by atoms with van der Waals surface area (Å²) in [7, 11) is -2.49. The van der Waals surface area contributed by atoms with Crippen LogP contribution in [0, 0.1) is 0 Å². The van der Waals surface area contributed by atoms with E-state index in [0.717, 1.165) is 10.3 Å². The van der Waals surface area contributed by atoms with Crippen LogP contribution in [0.5, 0.6) is 5.75 Å². The number of amides is 1. The average molecular weight is 555 g/mol. The summed E-state index contributed by atoms with van der Waals surface area (Å²) in [6, 6.07) is 17.5. The molecule has 4 rings (SSSR count). The maximum absolute atomic E-state index is 13.5. The number of amidine groups is 1. The van der Waals surface area contributed by atoms with Crippen molar-refractivity contribution in [2.75, 3.05) is 19.0 Å². The minimum atomic E-state index is -4.05. The number of nitrogens with one attached hydrogen (secondary N) is 2. The van der Waals surface area contributed by atoms with E-state index in [1.165, 1.54) is 29.5 Å². The molecule has 1 unspecified atom stereocenters. The molecule has 3 aromatic carbocycles. The number of sulfonamides is 1. The third-order valence-corrected chi connectivity index (χ3v) is 8.19. The molecule has 0 spiro atoms. The zero-order valence-electron chi connectivity index (χ0n) is 20.3. The molecule has 1 atom stereocenters. The van der Waals surface area contributed by atoms with Crippen molar-refractivity contribution in [2.24, 2.45) is 16.6 Å². The maximum Gasteiger partial charge on any atom is 0.241 e. The molecule has 198 valence electrons. The van der Waals surface area contributed by atoms with Gasteiger partial charge in [-0.15, -0.1) is 11.3 Å². The smallest absolute Gasteiger partial charge is 0.241 e. The Kier molecular flexibility index (Phi) is 8.22. The van der Waals surface area contributed by atoms with E-state index in [0.29, 0.717) is 27.5 Å². The number of thiazole rings is 1. The summed E-state index contributed by atoms with van der Waals surface area (Å²) in [6.07, 6.45) is 0.229. The number of oxime groups is 1. The van der Waals surface area contributed by atoms with Gasteiger partial charge in [-0.2, -0.15) is 0 Å². The largest absolute Gasteiger partial charge is 0.497 e. The number of anilines is 1. The number of fused-ring (bicyclic) bond motifs is 1. The first-order chi connectivity index (χ1) is 18.2. The number of hydrogen-bond donors (Lipinski definition) is 5. The van der Waals surface area contributed by atoms with Gasteiger partial charge >= 0.3 is 0 Å². The first-order valence-electron chi connectivity index (χ1n) is 11.4. The molecule has 11 nitrogen and oxygen atoms in total. The Hall–Kier alpha value is -4.04. The van der Waals surface area contributed by atoms with Gasteiger partial charge in [0.1, 0.15) is 10.8 Å². The average Bonchev–Trinajstić information content (AvgIpc) is 3.36. The van der Waals surface area contributed by atoms with Crippen LogP contribution < -0.4 is 26.2 Å². The molecule has 0 aliphatic rings. The Bertz CT molecular complexity index is 1600. The van der Waals surface area contributed by atoms with E-state index in [2.05, 4.69) is 20.2 Å². The summed E-state index contributed by atoms with van der Waals surface area (Å²) in [6.45, 7) is -0.232. The van der Waals surface area contributed by atoms with Gasteiger partial charge in [0, 0.05) is 11.3 Å². The standard InChI is InChI=1S/C25H26N6O5S2/c1-36-18-8-9-20-22(13-18)37-25(29-20)21(11-15-4-2-5-16(10-15)24(27)30-33)31-38(34,35)19-7-3-6-17(12-19)28-23(32)14-26/h2-10,12-13,21,31,33H,11,14,26H2,1H3,(H2,27,30)(H,28,32). The number of benzene rings is 3. The van der Waals surface area contributed by atoms with E-state index in [9.17, 15) is 13.2 Å². The highest BCUT2D eigenvalue weighted by Gasteiger charge is 2.25. The summed E-state index contributed by atoms with van der Waals surface area (Å²) in [5, 5.41) is 15.2. The number of aromatic nitrogens is 1. The molecular weight excluding hydrogens is 528 g/mol. The molecule has 0 aliphatic heterocycles. The number of methoxy groups -OCH3 is 1. The number of nitrogens with two attached hydrogens (primary N) is 2. The predicted octanol–water partition coefficient (Wildman–Crippen LogP) is 2.56. The minimum Gasteiger partial charge on any atom is -0.497 e. The highest BCUT2D eigenvalue weighted by atomic mass is 32.2. The molecule has 0 saturated carbocycles. The fourth-order valence-electron chi connectivity index (χ4n) is 3.74. The van der Waals surface area contributed by atoms with Gasteiger partial charge in [-0.05, 0) is 54.4 Å². The van der Waals surface area contributed by atoms with Gasteiger partial charge < -0.3 is 26.7 Å². The number of hydrogen-bond acceptors (Lipinski definition) is 9. The molecule has 0 radical (unpaired) electrons. The Balaban J connectivity index is 1.72. The maximum atomic E-state index is 13.5. The van der Waals surface area contributed by atoms with Crippen molar-refractivity contribution < 1.29 is 23.2 Å². The van der Waals surface area contributed by atoms with Crippen LogP contribution in [0.1, 0.15) is 22.2 Å². The third-order valence-electron chi connectivity index (χ3n) is 5.59. The number of rotatable bonds is 10. The first-order valence-corrected chi connectivity index (χ1v) is 13.7. The first kappa shape index (κ1) is 27.0. The zero-order valence-corrected chi connectivity index (χ0v) is 21.9. The van der Waals surface area contributed by atoms with E-state index < -0.39 is 22.0 Å². The topological polar surface area (TPSA) is 182 Å². The second-order valence-electron chi connectivity index (χ2n) is 8.23. The quantitative estimate of drug-likeness (QED) is 0.0857. The molecule has 7 N–H and O–H groups in total. The number of ether oxygens (including phenoxy) is 1. The molecule has 4 aromatic rings. The highest BCUT2D eigenvalue weighted by Crippen LogP contribution is 2.32. The van der Waals surface area contributed by atoms with Gasteiger partial charge in [0.2, 0.25) is 15.9 Å². The molecule has 1 amide bonds. The van der Waals surface area contributed by atoms with Crippen LogP contribution in [0.4, 0.5) is 5.69 Å². The van der Waals surface area contributed by atoms with Crippen molar-refractivity contribution in [1.82, 2.24) is 9.71 Å². The second kappa shape index (κ2) is 11.6. The molecule has 0 saturated heterocycles. The van der Waals surface area contributed by atoms with Crippen LogP contribution in [0.2, 0.25) is 0 Å². The van der Waals surface area contributed by atoms with E-state index in [-0.39, 0.29) is 23.7 Å². The molecular formula is C25H26N6O5S2. The van der Waals surface area contributed by atoms with Gasteiger partial charge in [0.05, 0.1) is 34.8 Å². The minimum absolute atomic E-state index is 0.0366. The van der Waals surface area contributed by atoms with E-state index >= 15 is 0 Å². The fraction of sp³-hybridized carbons (Fsp3) is 0.160. The van der Waals surface area contributed by atoms with E-state index in [1.807, 2.05) is 18.2 Å². The van der Waals surface area contributed by atoms with Crippen LogP contribution >= 0.6 is 11.3 Å². The van der Waals surface area contributed by atoms with Gasteiger partial charge in [-0.1, -0.05) is 29.4 Å². The molecule has 0 aliphatic carbocycles. The summed E-state index contributed by atoms with van der Waals surface area (Å²) >= 11 is 1.34. The molecule has 13 heteroatoms. The van der Waals surface area contributed by atoms with Gasteiger partial charge in [0.25, 0.3) is 0 Å². The SMILES string of the molecule is COc1ccc2nc(C(Cc3cccc(/C(N)=N\O)c3)NS(=O)(=O)c3cccc(NC(=O)CN)c3)sc2c1. The monoisotopic (exact) mass is 554 g/mol. The second-order valence-corrected chi connectivity index (χ2v) is 11.0. The van der Waals surface area contributed by atoms with E-state index in [4.69, 9.17) is 21.4 Å². The summed E-state index contributed by atoms with van der Waals surface area (Å²) in [5.74, 6) is 0.154. The van der Waals surface area contributed by atoms with Crippen LogP contribution in [-0.2, 0) is 21.2 Å². The van der Waals surface area contributed by atoms with Crippen molar-refractivity contribution in [2.45, 2.75) is 17.4 Å². The Morgan fingerprint density at radius 3 is 2.68 bits per heavy atom. The van der Waals surface area contributed by atoms with Crippen LogP contribution in [0.15, 0.2) is 76.8 Å². The lowest BCUT2D eigenvalue weighted by atomic mass is 10.0. The molecule has 38 heavy (non-hydrogen) atoms. The van der Waals surface area contributed by atoms with Crippen LogP contribution in [-0.4, -0.2) is 44.0 Å². The van der Waals surface area contributed by atoms with Gasteiger partial charge in [0.15, 0.2) is 5.84 Å². The zero-order chi connectivity index (χ0) is 27.3. The summed E-state index contributed by atoms with van der Waals surface area (Å²) < 4.78 is 35.9. The van der Waals surface area contributed by atoms with Gasteiger partial charge in [-0.25, -0.2) is 18.1 Å². The van der Waals surface area contributed by atoms with Crippen LogP contribution in [0.25, 0.3) is 10.2 Å². The van der Waals surface area contributed by atoms with Crippen molar-refractivity contribution >= 4 is 49.0 Å². The van der Waals surface area contributed by atoms with Gasteiger partial charge in [-0.3, -0.25) is 4.79 Å². The highest BCUT2D eigenvalue weighted by molar-refractivity contribution is 7.89. The number of carbonyl (C=O) groups is 1. The fourth-order valence-corrected chi connectivity index (χ4v) is 6.10. The molecule has 0 fully saturated rings. The predicted molar refractivity (Wildman–Crippen MR) is 146 cm³/mol. The Labute approximate surface area is 223 Å². The molecule has 1 aromatic heterocycles. The van der Waals surface area contributed by atoms with Crippen LogP contribution in [0.3, 0.4) is 0 Å².